The second-order valence-electron chi connectivity index (χ2n) is 5.68. The molecule has 2 N–H and O–H groups in total. The molecule has 0 heterocycles. The molecule has 0 aliphatic heterocycles. The van der Waals surface area contributed by atoms with Crippen LogP contribution in [-0.4, -0.2) is 12.6 Å². The average Bonchev–Trinajstić information content (AvgIpc) is 2.82. The predicted octanol–water partition coefficient (Wildman–Crippen LogP) is 3.59. The van der Waals surface area contributed by atoms with Gasteiger partial charge in [-0.3, -0.25) is 0 Å². The third-order valence-electron chi connectivity index (χ3n) is 3.83. The number of hydrogen-bond acceptors (Lipinski definition) is 2. The molecule has 0 saturated heterocycles. The van der Waals surface area contributed by atoms with Crippen LogP contribution in [0.5, 0.6) is 0 Å². The van der Waals surface area contributed by atoms with Gasteiger partial charge in [-0.2, -0.15) is 0 Å². The second kappa shape index (κ2) is 6.35. The van der Waals surface area contributed by atoms with Gasteiger partial charge in [-0.25, -0.2) is 0 Å². The number of ether oxygens (including phenoxy) is 1. The van der Waals surface area contributed by atoms with E-state index >= 15 is 0 Å². The molecule has 1 saturated carbocycles. The third-order valence-corrected chi connectivity index (χ3v) is 3.83. The molecule has 2 unspecified atom stereocenters. The number of benzene rings is 1. The summed E-state index contributed by atoms with van der Waals surface area (Å²) in [5, 5.41) is 0. The number of rotatable bonds is 5. The fourth-order valence-corrected chi connectivity index (χ4v) is 2.82. The van der Waals surface area contributed by atoms with Gasteiger partial charge in [-0.05, 0) is 38.2 Å². The summed E-state index contributed by atoms with van der Waals surface area (Å²) < 4.78 is 6.10. The molecule has 1 fully saturated rings. The van der Waals surface area contributed by atoms with E-state index in [4.69, 9.17) is 10.5 Å². The van der Waals surface area contributed by atoms with Gasteiger partial charge in [0, 0.05) is 6.04 Å². The van der Waals surface area contributed by atoms with Gasteiger partial charge in [0.15, 0.2) is 0 Å². The zero-order chi connectivity index (χ0) is 13.0. The highest BCUT2D eigenvalue weighted by molar-refractivity contribution is 5.25. The Labute approximate surface area is 111 Å². The van der Waals surface area contributed by atoms with Crippen molar-refractivity contribution in [1.29, 1.82) is 0 Å². The van der Waals surface area contributed by atoms with E-state index in [9.17, 15) is 0 Å². The van der Waals surface area contributed by atoms with Gasteiger partial charge in [0.25, 0.3) is 0 Å². The van der Waals surface area contributed by atoms with Crippen molar-refractivity contribution in [3.05, 3.63) is 35.4 Å². The van der Waals surface area contributed by atoms with Crippen LogP contribution >= 0.6 is 0 Å². The predicted molar refractivity (Wildman–Crippen MR) is 75.5 cm³/mol. The van der Waals surface area contributed by atoms with Crippen molar-refractivity contribution in [2.75, 3.05) is 6.61 Å². The van der Waals surface area contributed by atoms with Crippen LogP contribution in [-0.2, 0) is 4.74 Å². The van der Waals surface area contributed by atoms with Crippen molar-refractivity contribution >= 4 is 0 Å². The van der Waals surface area contributed by atoms with Gasteiger partial charge in [-0.15, -0.1) is 0 Å². The second-order valence-corrected chi connectivity index (χ2v) is 5.68. The maximum atomic E-state index is 6.10. The minimum atomic E-state index is 0.0329. The molecular weight excluding hydrogens is 222 g/mol. The first-order valence-electron chi connectivity index (χ1n) is 7.10. The van der Waals surface area contributed by atoms with Gasteiger partial charge >= 0.3 is 0 Å². The summed E-state index contributed by atoms with van der Waals surface area (Å²) in [5.41, 5.74) is 8.56. The smallest absolute Gasteiger partial charge is 0.0973 e. The zero-order valence-electron chi connectivity index (χ0n) is 11.6. The van der Waals surface area contributed by atoms with Gasteiger partial charge in [0.05, 0.1) is 12.7 Å². The molecule has 1 aliphatic rings. The molecule has 0 amide bonds. The Kier molecular flexibility index (Phi) is 4.79. The SMILES string of the molecule is Cc1cccc(C(OCC2CCCC2)C(C)N)c1. The van der Waals surface area contributed by atoms with E-state index in [2.05, 4.69) is 31.2 Å². The molecular formula is C16H25NO. The van der Waals surface area contributed by atoms with Gasteiger partial charge in [-0.1, -0.05) is 42.7 Å². The maximum absolute atomic E-state index is 6.10. The van der Waals surface area contributed by atoms with Crippen molar-refractivity contribution in [2.45, 2.75) is 51.7 Å². The first-order chi connectivity index (χ1) is 8.66. The molecule has 1 aromatic rings. The summed E-state index contributed by atoms with van der Waals surface area (Å²) >= 11 is 0. The topological polar surface area (TPSA) is 35.2 Å². The first-order valence-corrected chi connectivity index (χ1v) is 7.10. The van der Waals surface area contributed by atoms with Crippen LogP contribution in [0, 0.1) is 12.8 Å². The summed E-state index contributed by atoms with van der Waals surface area (Å²) in [6.45, 7) is 5.00. The maximum Gasteiger partial charge on any atom is 0.0973 e. The summed E-state index contributed by atoms with van der Waals surface area (Å²) in [6, 6.07) is 8.53. The molecule has 1 aromatic carbocycles. The zero-order valence-corrected chi connectivity index (χ0v) is 11.6. The Hall–Kier alpha value is -0.860. The lowest BCUT2D eigenvalue weighted by atomic mass is 10.0. The minimum Gasteiger partial charge on any atom is -0.372 e. The molecule has 0 spiro atoms. The average molecular weight is 247 g/mol. The Morgan fingerprint density at radius 1 is 1.33 bits per heavy atom. The van der Waals surface area contributed by atoms with E-state index in [0.717, 1.165) is 12.5 Å². The molecule has 0 bridgehead atoms. The highest BCUT2D eigenvalue weighted by Gasteiger charge is 2.21. The summed E-state index contributed by atoms with van der Waals surface area (Å²) in [4.78, 5) is 0. The van der Waals surface area contributed by atoms with Crippen molar-refractivity contribution in [2.24, 2.45) is 11.7 Å². The quantitative estimate of drug-likeness (QED) is 0.863. The van der Waals surface area contributed by atoms with Crippen LogP contribution < -0.4 is 5.73 Å². The lowest BCUT2D eigenvalue weighted by Crippen LogP contribution is -2.28. The molecule has 18 heavy (non-hydrogen) atoms. The molecule has 2 rings (SSSR count). The molecule has 0 aromatic heterocycles. The van der Waals surface area contributed by atoms with E-state index < -0.39 is 0 Å². The standard InChI is InChI=1S/C16H25NO/c1-12-6-5-9-15(10-12)16(13(2)17)18-11-14-7-3-4-8-14/h5-6,9-10,13-14,16H,3-4,7-8,11,17H2,1-2H3. The molecule has 2 nitrogen and oxygen atoms in total. The normalized spacial score (nSPS) is 19.9. The van der Waals surface area contributed by atoms with E-state index in [1.54, 1.807) is 0 Å². The van der Waals surface area contributed by atoms with Gasteiger partial charge in [0.1, 0.15) is 0 Å². The summed E-state index contributed by atoms with van der Waals surface area (Å²) in [7, 11) is 0. The molecule has 2 atom stereocenters. The lowest BCUT2D eigenvalue weighted by molar-refractivity contribution is 0.0168. The lowest BCUT2D eigenvalue weighted by Gasteiger charge is -2.24. The number of hydrogen-bond donors (Lipinski definition) is 1. The van der Waals surface area contributed by atoms with Gasteiger partial charge in [0.2, 0.25) is 0 Å². The Balaban J connectivity index is 1.99. The third kappa shape index (κ3) is 3.56. The van der Waals surface area contributed by atoms with Gasteiger partial charge < -0.3 is 10.5 Å². The van der Waals surface area contributed by atoms with Crippen molar-refractivity contribution in [3.63, 3.8) is 0 Å². The Bertz CT molecular complexity index is 369. The monoisotopic (exact) mass is 247 g/mol. The first kappa shape index (κ1) is 13.6. The van der Waals surface area contributed by atoms with Crippen molar-refractivity contribution in [1.82, 2.24) is 0 Å². The van der Waals surface area contributed by atoms with Crippen LogP contribution in [0.25, 0.3) is 0 Å². The molecule has 1 aliphatic carbocycles. The fourth-order valence-electron chi connectivity index (χ4n) is 2.82. The minimum absolute atomic E-state index is 0.0329. The van der Waals surface area contributed by atoms with Crippen LogP contribution in [0.3, 0.4) is 0 Å². The van der Waals surface area contributed by atoms with Crippen molar-refractivity contribution < 1.29 is 4.74 Å². The Morgan fingerprint density at radius 3 is 2.67 bits per heavy atom. The fraction of sp³-hybridized carbons (Fsp3) is 0.625. The molecule has 2 heteroatoms. The van der Waals surface area contributed by atoms with Crippen LogP contribution in [0.2, 0.25) is 0 Å². The Morgan fingerprint density at radius 2 is 2.06 bits per heavy atom. The highest BCUT2D eigenvalue weighted by Crippen LogP contribution is 2.28. The van der Waals surface area contributed by atoms with E-state index in [-0.39, 0.29) is 12.1 Å². The largest absolute Gasteiger partial charge is 0.372 e. The van der Waals surface area contributed by atoms with E-state index in [1.807, 2.05) is 6.92 Å². The molecule has 100 valence electrons. The van der Waals surface area contributed by atoms with E-state index in [0.29, 0.717) is 0 Å². The highest BCUT2D eigenvalue weighted by atomic mass is 16.5. The van der Waals surface area contributed by atoms with Crippen LogP contribution in [0.1, 0.15) is 49.8 Å². The summed E-state index contributed by atoms with van der Waals surface area (Å²) in [5.74, 6) is 0.746. The number of nitrogens with two attached hydrogens (primary N) is 1. The van der Waals surface area contributed by atoms with Crippen LogP contribution in [0.15, 0.2) is 24.3 Å². The molecule has 0 radical (unpaired) electrons. The summed E-state index contributed by atoms with van der Waals surface area (Å²) in [6.07, 6.45) is 5.40. The van der Waals surface area contributed by atoms with Crippen LogP contribution in [0.4, 0.5) is 0 Å². The van der Waals surface area contributed by atoms with E-state index in [1.165, 1.54) is 36.8 Å². The number of aryl methyl sites for hydroxylation is 1. The van der Waals surface area contributed by atoms with Crippen molar-refractivity contribution in [3.8, 4) is 0 Å².